The van der Waals surface area contributed by atoms with E-state index >= 15 is 0 Å². The number of guanidine groups is 1. The van der Waals surface area contributed by atoms with Gasteiger partial charge in [-0.3, -0.25) is 4.99 Å². The summed E-state index contributed by atoms with van der Waals surface area (Å²) in [6.07, 6.45) is 5.06. The van der Waals surface area contributed by atoms with E-state index in [2.05, 4.69) is 35.5 Å². The number of benzene rings is 1. The normalized spacial score (nSPS) is 15.6. The molecule has 5 nitrogen and oxygen atoms in total. The molecular weight excluding hydrogens is 302 g/mol. The van der Waals surface area contributed by atoms with Crippen LogP contribution in [0.1, 0.15) is 45.1 Å². The van der Waals surface area contributed by atoms with Crippen LogP contribution in [0.2, 0.25) is 0 Å². The van der Waals surface area contributed by atoms with Crippen LogP contribution in [0.4, 0.5) is 0 Å². The Bertz CT molecular complexity index is 537. The Labute approximate surface area is 145 Å². The molecule has 2 rings (SSSR count). The van der Waals surface area contributed by atoms with Crippen molar-refractivity contribution in [1.29, 1.82) is 0 Å². The molecule has 0 bridgehead atoms. The van der Waals surface area contributed by atoms with Gasteiger partial charge in [0.2, 0.25) is 0 Å². The van der Waals surface area contributed by atoms with Gasteiger partial charge >= 0.3 is 0 Å². The second-order valence-electron chi connectivity index (χ2n) is 6.67. The summed E-state index contributed by atoms with van der Waals surface area (Å²) in [7, 11) is 3.48. The summed E-state index contributed by atoms with van der Waals surface area (Å²) in [5.74, 6) is 3.03. The second kappa shape index (κ2) is 9.40. The first-order valence-corrected chi connectivity index (χ1v) is 8.91. The van der Waals surface area contributed by atoms with E-state index in [1.807, 2.05) is 12.1 Å². The number of para-hydroxylation sites is 1. The van der Waals surface area contributed by atoms with Crippen molar-refractivity contribution >= 4 is 5.96 Å². The van der Waals surface area contributed by atoms with Crippen LogP contribution in [0.15, 0.2) is 23.2 Å². The molecule has 0 heterocycles. The third-order valence-electron chi connectivity index (χ3n) is 4.21. The minimum Gasteiger partial charge on any atom is -0.493 e. The minimum atomic E-state index is 0.304. The maximum Gasteiger partial charge on any atom is 0.191 e. The van der Waals surface area contributed by atoms with E-state index < -0.39 is 0 Å². The number of rotatable bonds is 7. The van der Waals surface area contributed by atoms with Crippen molar-refractivity contribution in [2.24, 2.45) is 10.9 Å². The lowest BCUT2D eigenvalue weighted by molar-refractivity contribution is 0.198. The van der Waals surface area contributed by atoms with E-state index in [1.54, 1.807) is 14.2 Å². The van der Waals surface area contributed by atoms with Crippen molar-refractivity contribution in [3.63, 3.8) is 0 Å². The highest BCUT2D eigenvalue weighted by Gasteiger charge is 2.20. The summed E-state index contributed by atoms with van der Waals surface area (Å²) >= 11 is 0. The standard InChI is InChI=1S/C19H31N3O2/c1-14(2)12-21-19(20-3)22-13-15-8-7-11-17(23-4)18(15)24-16-9-5-6-10-16/h7-8,11,14,16H,5-6,9-10,12-13H2,1-4H3,(H2,20,21,22). The lowest BCUT2D eigenvalue weighted by Crippen LogP contribution is -2.38. The number of ether oxygens (including phenoxy) is 2. The van der Waals surface area contributed by atoms with Crippen molar-refractivity contribution < 1.29 is 9.47 Å². The fourth-order valence-electron chi connectivity index (χ4n) is 2.87. The molecule has 1 aromatic rings. The number of hydrogen-bond acceptors (Lipinski definition) is 3. The lowest BCUT2D eigenvalue weighted by Gasteiger charge is -2.20. The largest absolute Gasteiger partial charge is 0.493 e. The van der Waals surface area contributed by atoms with Crippen LogP contribution in [-0.4, -0.2) is 32.8 Å². The van der Waals surface area contributed by atoms with Gasteiger partial charge in [-0.05, 0) is 37.7 Å². The van der Waals surface area contributed by atoms with Gasteiger partial charge in [0.1, 0.15) is 0 Å². The second-order valence-corrected chi connectivity index (χ2v) is 6.67. The van der Waals surface area contributed by atoms with Crippen LogP contribution in [0.25, 0.3) is 0 Å². The highest BCUT2D eigenvalue weighted by atomic mass is 16.5. The average Bonchev–Trinajstić information content (AvgIpc) is 3.09. The summed E-state index contributed by atoms with van der Waals surface area (Å²) < 4.78 is 11.8. The van der Waals surface area contributed by atoms with E-state index in [4.69, 9.17) is 9.47 Å². The van der Waals surface area contributed by atoms with E-state index in [0.717, 1.165) is 42.4 Å². The van der Waals surface area contributed by atoms with Crippen LogP contribution >= 0.6 is 0 Å². The Hall–Kier alpha value is -1.91. The molecule has 1 fully saturated rings. The molecule has 0 aliphatic heterocycles. The van der Waals surface area contributed by atoms with Gasteiger partial charge < -0.3 is 20.1 Å². The van der Waals surface area contributed by atoms with Gasteiger partial charge in [-0.1, -0.05) is 26.0 Å². The molecule has 1 aliphatic carbocycles. The molecule has 0 saturated heterocycles. The monoisotopic (exact) mass is 333 g/mol. The van der Waals surface area contributed by atoms with Crippen molar-refractivity contribution in [3.05, 3.63) is 23.8 Å². The number of hydrogen-bond donors (Lipinski definition) is 2. The Balaban J connectivity index is 2.05. The average molecular weight is 333 g/mol. The third kappa shape index (κ3) is 5.32. The first-order valence-electron chi connectivity index (χ1n) is 8.91. The maximum atomic E-state index is 6.27. The Kier molecular flexibility index (Phi) is 7.22. The van der Waals surface area contributed by atoms with Crippen LogP contribution in [0.3, 0.4) is 0 Å². The van der Waals surface area contributed by atoms with Crippen LogP contribution in [0, 0.1) is 5.92 Å². The van der Waals surface area contributed by atoms with Crippen LogP contribution in [-0.2, 0) is 6.54 Å². The highest BCUT2D eigenvalue weighted by Crippen LogP contribution is 2.34. The molecule has 24 heavy (non-hydrogen) atoms. The smallest absolute Gasteiger partial charge is 0.191 e. The van der Waals surface area contributed by atoms with Crippen molar-refractivity contribution in [1.82, 2.24) is 10.6 Å². The molecule has 1 saturated carbocycles. The summed E-state index contributed by atoms with van der Waals surface area (Å²) in [5.41, 5.74) is 1.09. The zero-order valence-electron chi connectivity index (χ0n) is 15.4. The first-order chi connectivity index (χ1) is 11.6. The molecule has 1 aromatic carbocycles. The fourth-order valence-corrected chi connectivity index (χ4v) is 2.87. The Morgan fingerprint density at radius 3 is 2.62 bits per heavy atom. The topological polar surface area (TPSA) is 54.9 Å². The zero-order chi connectivity index (χ0) is 17.4. The molecule has 0 spiro atoms. The molecule has 0 aromatic heterocycles. The van der Waals surface area contributed by atoms with Crippen molar-refractivity contribution in [3.8, 4) is 11.5 Å². The highest BCUT2D eigenvalue weighted by molar-refractivity contribution is 5.79. The van der Waals surface area contributed by atoms with Gasteiger partial charge in [0, 0.05) is 25.7 Å². The molecule has 0 radical (unpaired) electrons. The van der Waals surface area contributed by atoms with E-state index in [-0.39, 0.29) is 0 Å². The summed E-state index contributed by atoms with van der Waals surface area (Å²) in [6, 6.07) is 6.04. The number of methoxy groups -OCH3 is 1. The van der Waals surface area contributed by atoms with Gasteiger partial charge in [0.15, 0.2) is 17.5 Å². The van der Waals surface area contributed by atoms with Gasteiger partial charge in [-0.2, -0.15) is 0 Å². The van der Waals surface area contributed by atoms with Crippen molar-refractivity contribution in [2.75, 3.05) is 20.7 Å². The molecule has 0 atom stereocenters. The molecule has 0 unspecified atom stereocenters. The predicted molar refractivity (Wildman–Crippen MR) is 98.9 cm³/mol. The molecule has 0 amide bonds. The quantitative estimate of drug-likeness (QED) is 0.593. The summed E-state index contributed by atoms with van der Waals surface area (Å²) in [5, 5.41) is 6.69. The van der Waals surface area contributed by atoms with Crippen LogP contribution in [0.5, 0.6) is 11.5 Å². The SMILES string of the molecule is CN=C(NCc1cccc(OC)c1OC1CCCC1)NCC(C)C. The van der Waals surface area contributed by atoms with E-state index in [0.29, 0.717) is 18.6 Å². The summed E-state index contributed by atoms with van der Waals surface area (Å²) in [6.45, 7) is 5.89. The molecular formula is C19H31N3O2. The fraction of sp³-hybridized carbons (Fsp3) is 0.632. The number of nitrogens with zero attached hydrogens (tertiary/aromatic N) is 1. The van der Waals surface area contributed by atoms with Crippen LogP contribution < -0.4 is 20.1 Å². The Morgan fingerprint density at radius 2 is 2.00 bits per heavy atom. The zero-order valence-corrected chi connectivity index (χ0v) is 15.4. The number of aliphatic imine (C=N–C) groups is 1. The molecule has 5 heteroatoms. The van der Waals surface area contributed by atoms with Gasteiger partial charge in [0.25, 0.3) is 0 Å². The van der Waals surface area contributed by atoms with Gasteiger partial charge in [-0.15, -0.1) is 0 Å². The Morgan fingerprint density at radius 1 is 1.25 bits per heavy atom. The van der Waals surface area contributed by atoms with Gasteiger partial charge in [0.05, 0.1) is 13.2 Å². The third-order valence-corrected chi connectivity index (χ3v) is 4.21. The molecule has 2 N–H and O–H groups in total. The number of nitrogens with one attached hydrogen (secondary N) is 2. The molecule has 1 aliphatic rings. The minimum absolute atomic E-state index is 0.304. The lowest BCUT2D eigenvalue weighted by atomic mass is 10.1. The predicted octanol–water partition coefficient (Wildman–Crippen LogP) is 3.34. The van der Waals surface area contributed by atoms with Gasteiger partial charge in [-0.25, -0.2) is 0 Å². The first kappa shape index (κ1) is 18.4. The van der Waals surface area contributed by atoms with E-state index in [9.17, 15) is 0 Å². The van der Waals surface area contributed by atoms with E-state index in [1.165, 1.54) is 12.8 Å². The maximum absolute atomic E-state index is 6.27. The molecule has 134 valence electrons. The van der Waals surface area contributed by atoms with Crippen molar-refractivity contribution in [2.45, 2.75) is 52.2 Å². The summed E-state index contributed by atoms with van der Waals surface area (Å²) in [4.78, 5) is 4.27.